The lowest BCUT2D eigenvalue weighted by Gasteiger charge is -2.19. The van der Waals surface area contributed by atoms with Crippen LogP contribution in [0.2, 0.25) is 0 Å². The van der Waals surface area contributed by atoms with E-state index in [4.69, 9.17) is 5.11 Å². The largest absolute Gasteiger partial charge is 0.478 e. The van der Waals surface area contributed by atoms with Crippen LogP contribution in [0.25, 0.3) is 0 Å². The van der Waals surface area contributed by atoms with E-state index < -0.39 is 12.0 Å². The van der Waals surface area contributed by atoms with Crippen LogP contribution < -0.4 is 10.6 Å². The Hall–Kier alpha value is -2.04. The number of nitrogens with one attached hydrogen (secondary N) is 2. The predicted octanol–water partition coefficient (Wildman–Crippen LogP) is 2.86. The van der Waals surface area contributed by atoms with Gasteiger partial charge in [0.15, 0.2) is 0 Å². The molecule has 1 rings (SSSR count). The summed E-state index contributed by atoms with van der Waals surface area (Å²) in [4.78, 5) is 22.9. The molecular weight excluding hydrogens is 244 g/mol. The van der Waals surface area contributed by atoms with E-state index in [0.29, 0.717) is 17.8 Å². The predicted molar refractivity (Wildman–Crippen MR) is 74.6 cm³/mol. The lowest BCUT2D eigenvalue weighted by atomic mass is 9.97. The summed E-state index contributed by atoms with van der Waals surface area (Å²) in [5.74, 6) is -1.06. The summed E-state index contributed by atoms with van der Waals surface area (Å²) in [6.07, 6.45) is 0. The average Bonchev–Trinajstić information content (AvgIpc) is 2.28. The maximum absolute atomic E-state index is 11.8. The summed E-state index contributed by atoms with van der Waals surface area (Å²) in [6, 6.07) is 4.48. The van der Waals surface area contributed by atoms with Crippen molar-refractivity contribution in [1.29, 1.82) is 0 Å². The van der Waals surface area contributed by atoms with Crippen molar-refractivity contribution >= 4 is 17.7 Å². The van der Waals surface area contributed by atoms with Crippen molar-refractivity contribution in [2.45, 2.75) is 27.7 Å². The topological polar surface area (TPSA) is 78.4 Å². The molecule has 0 aliphatic carbocycles. The molecule has 0 aliphatic rings. The highest BCUT2D eigenvalue weighted by atomic mass is 16.4. The Balaban J connectivity index is 2.82. The second-order valence-corrected chi connectivity index (χ2v) is 5.67. The monoisotopic (exact) mass is 264 g/mol. The van der Waals surface area contributed by atoms with Gasteiger partial charge in [0.2, 0.25) is 0 Å². The maximum atomic E-state index is 11.8. The highest BCUT2D eigenvalue weighted by Crippen LogP contribution is 2.20. The quantitative estimate of drug-likeness (QED) is 0.785. The number of hydrogen-bond donors (Lipinski definition) is 3. The van der Waals surface area contributed by atoms with Crippen LogP contribution in [0.3, 0.4) is 0 Å². The fraction of sp³-hybridized carbons (Fsp3) is 0.429. The van der Waals surface area contributed by atoms with E-state index >= 15 is 0 Å². The Bertz CT molecular complexity index is 490. The van der Waals surface area contributed by atoms with E-state index in [9.17, 15) is 9.59 Å². The van der Waals surface area contributed by atoms with E-state index in [-0.39, 0.29) is 11.0 Å². The number of carbonyl (C=O) groups excluding carboxylic acids is 1. The molecule has 5 heteroatoms. The Morgan fingerprint density at radius 3 is 2.42 bits per heavy atom. The molecule has 1 aromatic rings. The fourth-order valence-corrected chi connectivity index (χ4v) is 1.52. The van der Waals surface area contributed by atoms with Crippen molar-refractivity contribution in [2.75, 3.05) is 11.9 Å². The molecule has 0 radical (unpaired) electrons. The molecular formula is C14H20N2O3. The Kier molecular flexibility index (Phi) is 4.53. The van der Waals surface area contributed by atoms with Crippen LogP contribution in [0.5, 0.6) is 0 Å². The second-order valence-electron chi connectivity index (χ2n) is 5.67. The first kappa shape index (κ1) is 15.0. The summed E-state index contributed by atoms with van der Waals surface area (Å²) in [7, 11) is 0. The third-order valence-corrected chi connectivity index (χ3v) is 2.52. The highest BCUT2D eigenvalue weighted by molar-refractivity contribution is 6.00. The van der Waals surface area contributed by atoms with E-state index in [0.717, 1.165) is 0 Å². The van der Waals surface area contributed by atoms with Crippen molar-refractivity contribution in [3.8, 4) is 0 Å². The smallest absolute Gasteiger partial charge is 0.337 e. The first-order chi connectivity index (χ1) is 8.70. The van der Waals surface area contributed by atoms with Crippen LogP contribution in [-0.2, 0) is 0 Å². The second kappa shape index (κ2) is 5.73. The summed E-state index contributed by atoms with van der Waals surface area (Å²) in [6.45, 7) is 8.27. The molecule has 0 atom stereocenters. The number of carboxylic acids is 1. The number of aryl methyl sites for hydroxylation is 1. The Morgan fingerprint density at radius 2 is 1.89 bits per heavy atom. The number of rotatable bonds is 3. The van der Waals surface area contributed by atoms with Gasteiger partial charge in [0.05, 0.1) is 11.3 Å². The van der Waals surface area contributed by atoms with Gasteiger partial charge < -0.3 is 15.7 Å². The molecule has 0 heterocycles. The molecule has 0 bridgehead atoms. The van der Waals surface area contributed by atoms with Gasteiger partial charge >= 0.3 is 12.0 Å². The first-order valence-corrected chi connectivity index (χ1v) is 6.08. The van der Waals surface area contributed by atoms with Gasteiger partial charge in [-0.3, -0.25) is 0 Å². The minimum atomic E-state index is -1.06. The number of amides is 2. The van der Waals surface area contributed by atoms with Gasteiger partial charge in [-0.1, -0.05) is 32.9 Å². The first-order valence-electron chi connectivity index (χ1n) is 6.08. The summed E-state index contributed by atoms with van der Waals surface area (Å²) in [5, 5.41) is 14.4. The number of benzene rings is 1. The summed E-state index contributed by atoms with van der Waals surface area (Å²) in [5.41, 5.74) is 1.11. The Labute approximate surface area is 113 Å². The molecule has 0 aliphatic heterocycles. The van der Waals surface area contributed by atoms with Gasteiger partial charge in [0.1, 0.15) is 0 Å². The van der Waals surface area contributed by atoms with Crippen LogP contribution in [0.1, 0.15) is 36.7 Å². The lowest BCUT2D eigenvalue weighted by molar-refractivity contribution is 0.0698. The molecule has 0 aromatic heterocycles. The number of aromatic carboxylic acids is 1. The minimum absolute atomic E-state index is 0.0291. The number of anilines is 1. The van der Waals surface area contributed by atoms with Crippen molar-refractivity contribution in [2.24, 2.45) is 5.41 Å². The number of para-hydroxylation sites is 1. The van der Waals surface area contributed by atoms with Gasteiger partial charge in [-0.05, 0) is 24.0 Å². The fourth-order valence-electron chi connectivity index (χ4n) is 1.52. The van der Waals surface area contributed by atoms with Crippen molar-refractivity contribution in [3.05, 3.63) is 29.3 Å². The standard InChI is InChI=1S/C14H20N2O3/c1-9-6-5-7-10(12(17)18)11(9)16-13(19)15-8-14(2,3)4/h5-7H,8H2,1-4H3,(H,17,18)(H2,15,16,19). The van der Waals surface area contributed by atoms with Gasteiger partial charge in [-0.25, -0.2) is 9.59 Å². The van der Waals surface area contributed by atoms with Crippen LogP contribution in [0.15, 0.2) is 18.2 Å². The molecule has 0 saturated heterocycles. The zero-order chi connectivity index (χ0) is 14.6. The van der Waals surface area contributed by atoms with E-state index in [1.165, 1.54) is 6.07 Å². The van der Waals surface area contributed by atoms with E-state index in [2.05, 4.69) is 10.6 Å². The van der Waals surface area contributed by atoms with Crippen LogP contribution in [0, 0.1) is 12.3 Å². The van der Waals surface area contributed by atoms with Crippen LogP contribution in [-0.4, -0.2) is 23.7 Å². The highest BCUT2D eigenvalue weighted by Gasteiger charge is 2.16. The zero-order valence-corrected chi connectivity index (χ0v) is 11.7. The van der Waals surface area contributed by atoms with E-state index in [1.54, 1.807) is 19.1 Å². The molecule has 3 N–H and O–H groups in total. The van der Waals surface area contributed by atoms with Crippen molar-refractivity contribution in [1.82, 2.24) is 5.32 Å². The van der Waals surface area contributed by atoms with Gasteiger partial charge in [0, 0.05) is 6.54 Å². The maximum Gasteiger partial charge on any atom is 0.337 e. The van der Waals surface area contributed by atoms with Gasteiger partial charge in [-0.2, -0.15) is 0 Å². The molecule has 0 saturated carbocycles. The molecule has 0 unspecified atom stereocenters. The molecule has 2 amide bonds. The number of urea groups is 1. The van der Waals surface area contributed by atoms with Gasteiger partial charge in [-0.15, -0.1) is 0 Å². The number of hydrogen-bond acceptors (Lipinski definition) is 2. The molecule has 1 aromatic carbocycles. The molecule has 0 spiro atoms. The Morgan fingerprint density at radius 1 is 1.26 bits per heavy atom. The zero-order valence-electron chi connectivity index (χ0n) is 11.7. The third kappa shape index (κ3) is 4.62. The molecule has 5 nitrogen and oxygen atoms in total. The van der Waals surface area contributed by atoms with Crippen LogP contribution >= 0.6 is 0 Å². The SMILES string of the molecule is Cc1cccc(C(=O)O)c1NC(=O)NCC(C)(C)C. The third-order valence-electron chi connectivity index (χ3n) is 2.52. The summed E-state index contributed by atoms with van der Waals surface area (Å²) >= 11 is 0. The minimum Gasteiger partial charge on any atom is -0.478 e. The average molecular weight is 264 g/mol. The molecule has 19 heavy (non-hydrogen) atoms. The summed E-state index contributed by atoms with van der Waals surface area (Å²) < 4.78 is 0. The van der Waals surface area contributed by atoms with Crippen molar-refractivity contribution < 1.29 is 14.7 Å². The van der Waals surface area contributed by atoms with Gasteiger partial charge in [0.25, 0.3) is 0 Å². The van der Waals surface area contributed by atoms with Crippen molar-refractivity contribution in [3.63, 3.8) is 0 Å². The van der Waals surface area contributed by atoms with Crippen LogP contribution in [0.4, 0.5) is 10.5 Å². The molecule has 0 fully saturated rings. The normalized spacial score (nSPS) is 10.9. The lowest BCUT2D eigenvalue weighted by Crippen LogP contribution is -2.35. The number of carboxylic acid groups (broad SMARTS) is 1. The van der Waals surface area contributed by atoms with E-state index in [1.807, 2.05) is 20.8 Å². The molecule has 104 valence electrons. The number of carbonyl (C=O) groups is 2.